The molecule has 0 aromatic carbocycles. The normalized spacial score (nSPS) is 14.3. The maximum atomic E-state index is 12.0. The second-order valence-electron chi connectivity index (χ2n) is 5.04. The van der Waals surface area contributed by atoms with Crippen molar-refractivity contribution >= 4 is 40.0 Å². The monoisotopic (exact) mass is 412 g/mol. The van der Waals surface area contributed by atoms with Crippen LogP contribution >= 0.6 is 0 Å². The fourth-order valence-corrected chi connectivity index (χ4v) is 2.38. The highest BCUT2D eigenvalue weighted by atomic mass is 32.2. The number of hydrogen-bond donors (Lipinski definition) is 4. The van der Waals surface area contributed by atoms with Gasteiger partial charge in [0.05, 0.1) is 19.3 Å². The summed E-state index contributed by atoms with van der Waals surface area (Å²) in [4.78, 5) is 56.7. The summed E-state index contributed by atoms with van der Waals surface area (Å²) >= 11 is 0. The second-order valence-corrected chi connectivity index (χ2v) is 6.64. The molecule has 152 valence electrons. The molecule has 2 unspecified atom stereocenters. The fraction of sp³-hybridized carbons (Fsp3) is 0.462. The Hall–Kier alpha value is -3.00. The van der Waals surface area contributed by atoms with E-state index in [9.17, 15) is 37.5 Å². The summed E-state index contributed by atoms with van der Waals surface area (Å²) in [5.41, 5.74) is -3.11. The molecule has 2 atom stereocenters. The van der Waals surface area contributed by atoms with E-state index < -0.39 is 70.1 Å². The third kappa shape index (κ3) is 7.83. The summed E-state index contributed by atoms with van der Waals surface area (Å²) in [6.07, 6.45) is -3.21. The summed E-state index contributed by atoms with van der Waals surface area (Å²) in [5.74, 6) is -9.24. The molecular weight excluding hydrogens is 396 g/mol. The largest absolute Gasteiger partial charge is 0.481 e. The predicted octanol–water partition coefficient (Wildman–Crippen LogP) is -1.32. The van der Waals surface area contributed by atoms with Gasteiger partial charge in [0.15, 0.2) is 5.25 Å². The van der Waals surface area contributed by atoms with Crippen LogP contribution < -0.4 is 0 Å². The molecule has 0 bridgehead atoms. The highest BCUT2D eigenvalue weighted by molar-refractivity contribution is 7.87. The molecule has 0 heterocycles. The fourth-order valence-electron chi connectivity index (χ4n) is 1.74. The van der Waals surface area contributed by atoms with Crippen molar-refractivity contribution < 1.29 is 61.7 Å². The Morgan fingerprint density at radius 1 is 1.04 bits per heavy atom. The van der Waals surface area contributed by atoms with Crippen LogP contribution in [0.1, 0.15) is 19.3 Å². The number of rotatable bonds is 12. The van der Waals surface area contributed by atoms with Gasteiger partial charge in [-0.3, -0.25) is 23.7 Å². The van der Waals surface area contributed by atoms with Crippen LogP contribution in [0, 0.1) is 0 Å². The summed E-state index contributed by atoms with van der Waals surface area (Å²) in [6, 6.07) is 0. The molecule has 0 aliphatic heterocycles. The standard InChI is InChI=1S/C13H16O13S/c1-2-3-25-10(18)6-13(12(20)21,5-9(16)17)26-11(19)7(4-8(14)15)27(22,23)24/h2,7H,1,3-6H2,(H,14,15)(H,16,17)(H,20,21)(H,22,23,24). The first-order valence-electron chi connectivity index (χ1n) is 6.88. The Kier molecular flexibility index (Phi) is 8.56. The van der Waals surface area contributed by atoms with Crippen molar-refractivity contribution in [3.63, 3.8) is 0 Å². The van der Waals surface area contributed by atoms with E-state index in [1.54, 1.807) is 0 Å². The Morgan fingerprint density at radius 2 is 1.59 bits per heavy atom. The van der Waals surface area contributed by atoms with Crippen molar-refractivity contribution in [1.82, 2.24) is 0 Å². The van der Waals surface area contributed by atoms with E-state index in [0.717, 1.165) is 6.08 Å². The van der Waals surface area contributed by atoms with E-state index in [0.29, 0.717) is 0 Å². The highest BCUT2D eigenvalue weighted by Crippen LogP contribution is 2.25. The highest BCUT2D eigenvalue weighted by Gasteiger charge is 2.50. The minimum absolute atomic E-state index is 0.387. The van der Waals surface area contributed by atoms with E-state index >= 15 is 0 Å². The van der Waals surface area contributed by atoms with Gasteiger partial charge >= 0.3 is 29.8 Å². The third-order valence-electron chi connectivity index (χ3n) is 2.90. The number of carboxylic acids is 3. The van der Waals surface area contributed by atoms with Crippen LogP contribution in [-0.4, -0.2) is 75.6 Å². The second kappa shape index (κ2) is 9.63. The SMILES string of the molecule is C=CCOC(=O)CC(CC(=O)O)(OC(=O)C(CC(=O)O)S(=O)(=O)O)C(=O)O. The smallest absolute Gasteiger partial charge is 0.349 e. The van der Waals surface area contributed by atoms with Crippen molar-refractivity contribution in [2.24, 2.45) is 0 Å². The first-order chi connectivity index (χ1) is 12.2. The number of hydrogen-bond acceptors (Lipinski definition) is 9. The first kappa shape index (κ1) is 24.0. The number of carboxylic acid groups (broad SMARTS) is 3. The zero-order chi connectivity index (χ0) is 21.4. The molecule has 0 rings (SSSR count). The van der Waals surface area contributed by atoms with Crippen LogP contribution in [0.15, 0.2) is 12.7 Å². The zero-order valence-corrected chi connectivity index (χ0v) is 14.4. The van der Waals surface area contributed by atoms with E-state index in [1.807, 2.05) is 0 Å². The van der Waals surface area contributed by atoms with Crippen LogP contribution in [0.3, 0.4) is 0 Å². The molecule has 0 aliphatic rings. The Labute approximate surface area is 151 Å². The number of carbonyl (C=O) groups is 5. The first-order valence-corrected chi connectivity index (χ1v) is 8.38. The molecule has 0 fully saturated rings. The van der Waals surface area contributed by atoms with Crippen LogP contribution in [0.4, 0.5) is 0 Å². The van der Waals surface area contributed by atoms with Gasteiger partial charge in [-0.05, 0) is 0 Å². The van der Waals surface area contributed by atoms with Crippen LogP contribution in [0.25, 0.3) is 0 Å². The van der Waals surface area contributed by atoms with Gasteiger partial charge < -0.3 is 24.8 Å². The minimum atomic E-state index is -5.35. The molecule has 0 saturated carbocycles. The van der Waals surface area contributed by atoms with Gasteiger partial charge in [-0.25, -0.2) is 4.79 Å². The van der Waals surface area contributed by atoms with Gasteiger partial charge in [0, 0.05) is 0 Å². The van der Waals surface area contributed by atoms with Gasteiger partial charge in [-0.15, -0.1) is 0 Å². The topological polar surface area (TPSA) is 219 Å². The molecule has 4 N–H and O–H groups in total. The van der Waals surface area contributed by atoms with Gasteiger partial charge in [-0.2, -0.15) is 8.42 Å². The average Bonchev–Trinajstić information content (AvgIpc) is 2.48. The third-order valence-corrected chi connectivity index (χ3v) is 3.98. The van der Waals surface area contributed by atoms with Crippen molar-refractivity contribution in [1.29, 1.82) is 0 Å². The molecule has 0 saturated heterocycles. The number of ether oxygens (including phenoxy) is 2. The predicted molar refractivity (Wildman–Crippen MR) is 82.1 cm³/mol. The maximum absolute atomic E-state index is 12.0. The molecule has 13 nitrogen and oxygen atoms in total. The minimum Gasteiger partial charge on any atom is -0.481 e. The molecule has 14 heteroatoms. The van der Waals surface area contributed by atoms with E-state index in [-0.39, 0.29) is 6.61 Å². The van der Waals surface area contributed by atoms with Crippen molar-refractivity contribution in [3.8, 4) is 0 Å². The lowest BCUT2D eigenvalue weighted by Gasteiger charge is -2.28. The molecule has 0 aliphatic carbocycles. The Balaban J connectivity index is 5.90. The van der Waals surface area contributed by atoms with Crippen molar-refractivity contribution in [2.75, 3.05) is 6.61 Å². The lowest BCUT2D eigenvalue weighted by Crippen LogP contribution is -2.50. The van der Waals surface area contributed by atoms with Gasteiger partial charge in [0.2, 0.25) is 5.60 Å². The molecular formula is C13H16O13S. The Morgan fingerprint density at radius 3 is 1.96 bits per heavy atom. The summed E-state index contributed by atoms with van der Waals surface area (Å²) in [6.45, 7) is 2.83. The van der Waals surface area contributed by atoms with Gasteiger partial charge in [0.25, 0.3) is 10.1 Å². The molecule has 0 radical (unpaired) electrons. The summed E-state index contributed by atoms with van der Waals surface area (Å²) in [5, 5.41) is 24.0. The van der Waals surface area contributed by atoms with Gasteiger partial charge in [0.1, 0.15) is 6.61 Å². The van der Waals surface area contributed by atoms with E-state index in [2.05, 4.69) is 16.1 Å². The summed E-state index contributed by atoms with van der Waals surface area (Å²) in [7, 11) is -5.35. The maximum Gasteiger partial charge on any atom is 0.349 e. The van der Waals surface area contributed by atoms with Crippen molar-refractivity contribution in [2.45, 2.75) is 30.1 Å². The van der Waals surface area contributed by atoms with E-state index in [4.69, 9.17) is 14.8 Å². The lowest BCUT2D eigenvalue weighted by atomic mass is 9.95. The molecule has 0 aromatic rings. The van der Waals surface area contributed by atoms with Crippen LogP contribution in [0.2, 0.25) is 0 Å². The van der Waals surface area contributed by atoms with E-state index in [1.165, 1.54) is 0 Å². The number of esters is 2. The quantitative estimate of drug-likeness (QED) is 0.166. The summed E-state index contributed by atoms with van der Waals surface area (Å²) < 4.78 is 40.2. The Bertz CT molecular complexity index is 737. The number of carbonyl (C=O) groups excluding carboxylic acids is 2. The van der Waals surface area contributed by atoms with Crippen LogP contribution in [-0.2, 0) is 43.6 Å². The van der Waals surface area contributed by atoms with Crippen LogP contribution in [0.5, 0.6) is 0 Å². The molecule has 27 heavy (non-hydrogen) atoms. The van der Waals surface area contributed by atoms with Gasteiger partial charge in [-0.1, -0.05) is 12.7 Å². The van der Waals surface area contributed by atoms with Crippen molar-refractivity contribution in [3.05, 3.63) is 12.7 Å². The molecule has 0 aromatic heterocycles. The molecule has 0 amide bonds. The molecule has 0 spiro atoms. The zero-order valence-electron chi connectivity index (χ0n) is 13.6. The lowest BCUT2D eigenvalue weighted by molar-refractivity contribution is -0.187. The number of aliphatic carboxylic acids is 3. The average molecular weight is 412 g/mol.